The Morgan fingerprint density at radius 2 is 2.15 bits per heavy atom. The van der Waals surface area contributed by atoms with Gasteiger partial charge in [-0.3, -0.25) is 0 Å². The third-order valence-electron chi connectivity index (χ3n) is 2.73. The van der Waals surface area contributed by atoms with Crippen molar-refractivity contribution >= 4 is 5.97 Å². The van der Waals surface area contributed by atoms with Crippen LogP contribution in [-0.4, -0.2) is 31.8 Å². The van der Waals surface area contributed by atoms with Crippen molar-refractivity contribution in [3.8, 4) is 0 Å². The molecule has 2 N–H and O–H groups in total. The summed E-state index contributed by atoms with van der Waals surface area (Å²) in [5, 5.41) is 0. The van der Waals surface area contributed by atoms with Gasteiger partial charge in [-0.05, 0) is 12.8 Å². The van der Waals surface area contributed by atoms with E-state index in [2.05, 4.69) is 4.74 Å². The molecule has 1 rings (SSSR count). The van der Waals surface area contributed by atoms with Crippen LogP contribution in [0.3, 0.4) is 0 Å². The van der Waals surface area contributed by atoms with Crippen LogP contribution in [0.15, 0.2) is 0 Å². The van der Waals surface area contributed by atoms with Crippen LogP contribution in [0, 0.1) is 0 Å². The average Bonchev–Trinajstić information content (AvgIpc) is 2.17. The SMILES string of the molecule is COC(=O)C1(N)CCCCC1OC. The van der Waals surface area contributed by atoms with Gasteiger partial charge < -0.3 is 15.2 Å². The molecular weight excluding hydrogens is 170 g/mol. The first kappa shape index (κ1) is 10.5. The van der Waals surface area contributed by atoms with Crippen LogP contribution in [0.4, 0.5) is 0 Å². The molecule has 1 fully saturated rings. The Hall–Kier alpha value is -0.610. The number of carbonyl (C=O) groups is 1. The van der Waals surface area contributed by atoms with E-state index in [4.69, 9.17) is 10.5 Å². The van der Waals surface area contributed by atoms with Crippen LogP contribution >= 0.6 is 0 Å². The van der Waals surface area contributed by atoms with E-state index in [-0.39, 0.29) is 12.1 Å². The highest BCUT2D eigenvalue weighted by molar-refractivity contribution is 5.81. The molecular formula is C9H17NO3. The molecule has 1 aliphatic carbocycles. The lowest BCUT2D eigenvalue weighted by Gasteiger charge is -2.37. The van der Waals surface area contributed by atoms with Crippen molar-refractivity contribution in [1.29, 1.82) is 0 Å². The minimum atomic E-state index is -0.929. The summed E-state index contributed by atoms with van der Waals surface area (Å²) in [6.07, 6.45) is 3.31. The van der Waals surface area contributed by atoms with Crippen LogP contribution < -0.4 is 5.73 Å². The third-order valence-corrected chi connectivity index (χ3v) is 2.73. The second-order valence-corrected chi connectivity index (χ2v) is 3.50. The van der Waals surface area contributed by atoms with Crippen LogP contribution in [0.1, 0.15) is 25.7 Å². The van der Waals surface area contributed by atoms with E-state index in [9.17, 15) is 4.79 Å². The fourth-order valence-electron chi connectivity index (χ4n) is 1.92. The van der Waals surface area contributed by atoms with Crippen LogP contribution in [0.2, 0.25) is 0 Å². The number of esters is 1. The molecule has 0 aliphatic heterocycles. The van der Waals surface area contributed by atoms with Crippen LogP contribution in [-0.2, 0) is 14.3 Å². The topological polar surface area (TPSA) is 61.5 Å². The van der Waals surface area contributed by atoms with Crippen molar-refractivity contribution < 1.29 is 14.3 Å². The molecule has 4 nitrogen and oxygen atoms in total. The van der Waals surface area contributed by atoms with E-state index in [1.807, 2.05) is 0 Å². The van der Waals surface area contributed by atoms with Gasteiger partial charge in [0.25, 0.3) is 0 Å². The Labute approximate surface area is 78.4 Å². The number of hydrogen-bond donors (Lipinski definition) is 1. The minimum absolute atomic E-state index is 0.200. The number of rotatable bonds is 2. The Kier molecular flexibility index (Phi) is 3.27. The zero-order valence-electron chi connectivity index (χ0n) is 8.21. The maximum absolute atomic E-state index is 11.4. The van der Waals surface area contributed by atoms with Gasteiger partial charge in [0.05, 0.1) is 13.2 Å². The maximum Gasteiger partial charge on any atom is 0.328 e. The zero-order chi connectivity index (χ0) is 9.90. The molecule has 0 spiro atoms. The highest BCUT2D eigenvalue weighted by Crippen LogP contribution is 2.29. The van der Waals surface area contributed by atoms with Gasteiger partial charge in [0, 0.05) is 7.11 Å². The first-order valence-corrected chi connectivity index (χ1v) is 4.55. The summed E-state index contributed by atoms with van der Waals surface area (Å²) in [7, 11) is 2.94. The Balaban J connectivity index is 2.76. The smallest absolute Gasteiger partial charge is 0.328 e. The Morgan fingerprint density at radius 1 is 1.46 bits per heavy atom. The van der Waals surface area contributed by atoms with Gasteiger partial charge in [-0.1, -0.05) is 12.8 Å². The fourth-order valence-corrected chi connectivity index (χ4v) is 1.92. The van der Waals surface area contributed by atoms with Gasteiger partial charge in [0.15, 0.2) is 0 Å². The highest BCUT2D eigenvalue weighted by Gasteiger charge is 2.45. The van der Waals surface area contributed by atoms with Gasteiger partial charge in [-0.25, -0.2) is 4.79 Å². The molecule has 1 aliphatic rings. The van der Waals surface area contributed by atoms with Crippen molar-refractivity contribution in [1.82, 2.24) is 0 Å². The predicted molar refractivity (Wildman–Crippen MR) is 48.2 cm³/mol. The van der Waals surface area contributed by atoms with Crippen molar-refractivity contribution in [2.24, 2.45) is 5.73 Å². The quantitative estimate of drug-likeness (QED) is 0.637. The van der Waals surface area contributed by atoms with Crippen molar-refractivity contribution in [2.75, 3.05) is 14.2 Å². The summed E-state index contributed by atoms with van der Waals surface area (Å²) in [6.45, 7) is 0. The van der Waals surface area contributed by atoms with Crippen LogP contribution in [0.5, 0.6) is 0 Å². The summed E-state index contributed by atoms with van der Waals surface area (Å²) in [4.78, 5) is 11.4. The summed E-state index contributed by atoms with van der Waals surface area (Å²) in [5.74, 6) is -0.362. The molecule has 0 amide bonds. The number of ether oxygens (including phenoxy) is 2. The average molecular weight is 187 g/mol. The molecule has 0 saturated heterocycles. The van der Waals surface area contributed by atoms with Crippen molar-refractivity contribution in [3.05, 3.63) is 0 Å². The third kappa shape index (κ3) is 1.84. The van der Waals surface area contributed by atoms with E-state index in [1.165, 1.54) is 7.11 Å². The molecule has 1 saturated carbocycles. The molecule has 0 radical (unpaired) electrons. The molecule has 76 valence electrons. The summed E-state index contributed by atoms with van der Waals surface area (Å²) >= 11 is 0. The van der Waals surface area contributed by atoms with Gasteiger partial charge in [0.2, 0.25) is 0 Å². The van der Waals surface area contributed by atoms with Crippen molar-refractivity contribution in [3.63, 3.8) is 0 Å². The van der Waals surface area contributed by atoms with E-state index < -0.39 is 5.54 Å². The molecule has 0 heterocycles. The molecule has 13 heavy (non-hydrogen) atoms. The first-order valence-electron chi connectivity index (χ1n) is 4.55. The maximum atomic E-state index is 11.4. The van der Waals surface area contributed by atoms with Crippen molar-refractivity contribution in [2.45, 2.75) is 37.3 Å². The second-order valence-electron chi connectivity index (χ2n) is 3.50. The standard InChI is InChI=1S/C9H17NO3/c1-12-7-5-3-4-6-9(7,10)8(11)13-2/h7H,3-6,10H2,1-2H3. The van der Waals surface area contributed by atoms with Gasteiger partial charge in [0.1, 0.15) is 5.54 Å². The van der Waals surface area contributed by atoms with E-state index >= 15 is 0 Å². The lowest BCUT2D eigenvalue weighted by atomic mass is 9.80. The highest BCUT2D eigenvalue weighted by atomic mass is 16.5. The molecule has 0 aromatic rings. The number of methoxy groups -OCH3 is 2. The van der Waals surface area contributed by atoms with Gasteiger partial charge in [-0.15, -0.1) is 0 Å². The lowest BCUT2D eigenvalue weighted by Crippen LogP contribution is -2.59. The molecule has 0 aromatic carbocycles. The molecule has 0 aromatic heterocycles. The van der Waals surface area contributed by atoms with Gasteiger partial charge in [-0.2, -0.15) is 0 Å². The fraction of sp³-hybridized carbons (Fsp3) is 0.889. The van der Waals surface area contributed by atoms with Gasteiger partial charge >= 0.3 is 5.97 Å². The largest absolute Gasteiger partial charge is 0.468 e. The van der Waals surface area contributed by atoms with E-state index in [0.717, 1.165) is 19.3 Å². The molecule has 4 heteroatoms. The molecule has 2 unspecified atom stereocenters. The first-order chi connectivity index (χ1) is 6.15. The molecule has 2 atom stereocenters. The summed E-state index contributed by atoms with van der Waals surface area (Å²) < 4.78 is 9.88. The Morgan fingerprint density at radius 3 is 2.69 bits per heavy atom. The van der Waals surface area contributed by atoms with E-state index in [0.29, 0.717) is 6.42 Å². The number of nitrogens with two attached hydrogens (primary N) is 1. The monoisotopic (exact) mass is 187 g/mol. The predicted octanol–water partition coefficient (Wildman–Crippen LogP) is 0.446. The zero-order valence-corrected chi connectivity index (χ0v) is 8.21. The number of hydrogen-bond acceptors (Lipinski definition) is 4. The Bertz CT molecular complexity index is 195. The summed E-state index contributed by atoms with van der Waals surface area (Å²) in [5.41, 5.74) is 5.04. The molecule has 0 bridgehead atoms. The number of carbonyl (C=O) groups excluding carboxylic acids is 1. The minimum Gasteiger partial charge on any atom is -0.468 e. The lowest BCUT2D eigenvalue weighted by molar-refractivity contribution is -0.155. The second kappa shape index (κ2) is 4.07. The normalized spacial score (nSPS) is 34.2. The summed E-state index contributed by atoms with van der Waals surface area (Å²) in [6, 6.07) is 0. The van der Waals surface area contributed by atoms with Crippen LogP contribution in [0.25, 0.3) is 0 Å². The van der Waals surface area contributed by atoms with E-state index in [1.54, 1.807) is 7.11 Å².